The summed E-state index contributed by atoms with van der Waals surface area (Å²) in [7, 11) is 0. The van der Waals surface area contributed by atoms with Crippen molar-refractivity contribution in [3.63, 3.8) is 0 Å². The predicted octanol–water partition coefficient (Wildman–Crippen LogP) is 4.13. The molecule has 2 heterocycles. The summed E-state index contributed by atoms with van der Waals surface area (Å²) < 4.78 is 5.82. The van der Waals surface area contributed by atoms with E-state index in [2.05, 4.69) is 15.3 Å². The van der Waals surface area contributed by atoms with Crippen LogP contribution >= 0.6 is 0 Å². The SMILES string of the molecule is Cc1ccc2oc(-c3ccc(CNC(=O)c4cccnc4)cc3)nc2c1. The molecule has 1 N–H and O–H groups in total. The van der Waals surface area contributed by atoms with Crippen molar-refractivity contribution in [1.82, 2.24) is 15.3 Å². The molecule has 26 heavy (non-hydrogen) atoms. The van der Waals surface area contributed by atoms with Crippen LogP contribution in [-0.2, 0) is 6.54 Å². The quantitative estimate of drug-likeness (QED) is 0.605. The third kappa shape index (κ3) is 3.32. The van der Waals surface area contributed by atoms with Crippen molar-refractivity contribution in [1.29, 1.82) is 0 Å². The topological polar surface area (TPSA) is 68.0 Å². The Hall–Kier alpha value is -3.47. The number of amides is 1. The van der Waals surface area contributed by atoms with Crippen LogP contribution in [0.25, 0.3) is 22.6 Å². The zero-order valence-electron chi connectivity index (χ0n) is 14.3. The first-order chi connectivity index (χ1) is 12.7. The molecule has 4 aromatic rings. The molecule has 0 bridgehead atoms. The molecular weight excluding hydrogens is 326 g/mol. The van der Waals surface area contributed by atoms with Gasteiger partial charge in [0.25, 0.3) is 5.91 Å². The Kier molecular flexibility index (Phi) is 4.19. The number of nitrogens with zero attached hydrogens (tertiary/aromatic N) is 2. The third-order valence-corrected chi connectivity index (χ3v) is 4.12. The fourth-order valence-corrected chi connectivity index (χ4v) is 2.71. The second-order valence-corrected chi connectivity index (χ2v) is 6.11. The zero-order chi connectivity index (χ0) is 17.9. The normalized spacial score (nSPS) is 10.8. The summed E-state index contributed by atoms with van der Waals surface area (Å²) in [4.78, 5) is 20.6. The zero-order valence-corrected chi connectivity index (χ0v) is 14.3. The van der Waals surface area contributed by atoms with Gasteiger partial charge in [0.2, 0.25) is 5.89 Å². The van der Waals surface area contributed by atoms with Gasteiger partial charge in [-0.3, -0.25) is 9.78 Å². The van der Waals surface area contributed by atoms with Crippen molar-refractivity contribution in [2.75, 3.05) is 0 Å². The van der Waals surface area contributed by atoms with Crippen LogP contribution in [0.5, 0.6) is 0 Å². The highest BCUT2D eigenvalue weighted by molar-refractivity contribution is 5.93. The number of hydrogen-bond acceptors (Lipinski definition) is 4. The van der Waals surface area contributed by atoms with Gasteiger partial charge in [-0.1, -0.05) is 18.2 Å². The Morgan fingerprint density at radius 1 is 1.12 bits per heavy atom. The van der Waals surface area contributed by atoms with Gasteiger partial charge >= 0.3 is 0 Å². The highest BCUT2D eigenvalue weighted by Crippen LogP contribution is 2.25. The molecule has 0 unspecified atom stereocenters. The molecule has 0 aliphatic carbocycles. The van der Waals surface area contributed by atoms with Crippen LogP contribution < -0.4 is 5.32 Å². The monoisotopic (exact) mass is 343 g/mol. The minimum absolute atomic E-state index is 0.142. The summed E-state index contributed by atoms with van der Waals surface area (Å²) >= 11 is 0. The molecular formula is C21H17N3O2. The molecule has 5 nitrogen and oxygen atoms in total. The molecule has 0 spiro atoms. The van der Waals surface area contributed by atoms with Crippen LogP contribution in [0.3, 0.4) is 0 Å². The van der Waals surface area contributed by atoms with Crippen LogP contribution in [0.4, 0.5) is 0 Å². The van der Waals surface area contributed by atoms with Crippen LogP contribution in [-0.4, -0.2) is 15.9 Å². The smallest absolute Gasteiger partial charge is 0.253 e. The molecule has 0 fully saturated rings. The summed E-state index contributed by atoms with van der Waals surface area (Å²) in [6, 6.07) is 17.2. The average molecular weight is 343 g/mol. The molecule has 1 amide bonds. The average Bonchev–Trinajstić information content (AvgIpc) is 3.10. The van der Waals surface area contributed by atoms with E-state index in [0.717, 1.165) is 27.8 Å². The summed E-state index contributed by atoms with van der Waals surface area (Å²) in [6.07, 6.45) is 3.19. The Balaban J connectivity index is 1.47. The standard InChI is InChI=1S/C21H17N3O2/c1-14-4-9-19-18(11-14)24-21(26-19)16-7-5-15(6-8-16)12-23-20(25)17-3-2-10-22-13-17/h2-11,13H,12H2,1H3,(H,23,25). The fraction of sp³-hybridized carbons (Fsp3) is 0.0952. The third-order valence-electron chi connectivity index (χ3n) is 4.12. The molecule has 2 aromatic heterocycles. The van der Waals surface area contributed by atoms with Crippen molar-refractivity contribution in [2.24, 2.45) is 0 Å². The lowest BCUT2D eigenvalue weighted by Crippen LogP contribution is -2.22. The number of aryl methyl sites for hydroxylation is 1. The van der Waals surface area contributed by atoms with E-state index in [-0.39, 0.29) is 5.91 Å². The maximum absolute atomic E-state index is 12.1. The van der Waals surface area contributed by atoms with E-state index in [4.69, 9.17) is 4.42 Å². The summed E-state index contributed by atoms with van der Waals surface area (Å²) in [6.45, 7) is 2.48. The van der Waals surface area contributed by atoms with E-state index >= 15 is 0 Å². The van der Waals surface area contributed by atoms with Gasteiger partial charge in [0.05, 0.1) is 5.56 Å². The van der Waals surface area contributed by atoms with Gasteiger partial charge in [-0.2, -0.15) is 0 Å². The predicted molar refractivity (Wildman–Crippen MR) is 99.6 cm³/mol. The second-order valence-electron chi connectivity index (χ2n) is 6.11. The van der Waals surface area contributed by atoms with Crippen molar-refractivity contribution in [3.05, 3.63) is 83.7 Å². The van der Waals surface area contributed by atoms with Crippen molar-refractivity contribution < 1.29 is 9.21 Å². The number of benzene rings is 2. The largest absolute Gasteiger partial charge is 0.436 e. The molecule has 128 valence electrons. The number of carbonyl (C=O) groups is 1. The van der Waals surface area contributed by atoms with Gasteiger partial charge in [0.1, 0.15) is 5.52 Å². The van der Waals surface area contributed by atoms with E-state index in [1.165, 1.54) is 0 Å². The Bertz CT molecular complexity index is 1050. The number of pyridine rings is 1. The minimum Gasteiger partial charge on any atom is -0.436 e. The van der Waals surface area contributed by atoms with Gasteiger partial charge in [-0.05, 0) is 54.4 Å². The summed E-state index contributed by atoms with van der Waals surface area (Å²) in [5.41, 5.74) is 5.23. The number of aromatic nitrogens is 2. The Morgan fingerprint density at radius 3 is 2.73 bits per heavy atom. The van der Waals surface area contributed by atoms with Crippen LogP contribution in [0.15, 0.2) is 71.4 Å². The number of nitrogens with one attached hydrogen (secondary N) is 1. The maximum atomic E-state index is 12.1. The number of oxazole rings is 1. The first kappa shape index (κ1) is 16.0. The summed E-state index contributed by atoms with van der Waals surface area (Å²) in [5.74, 6) is 0.452. The van der Waals surface area contributed by atoms with Crippen LogP contribution in [0.1, 0.15) is 21.5 Å². The van der Waals surface area contributed by atoms with Crippen molar-refractivity contribution in [3.8, 4) is 11.5 Å². The molecule has 0 saturated heterocycles. The maximum Gasteiger partial charge on any atom is 0.253 e. The molecule has 2 aromatic carbocycles. The van der Waals surface area contributed by atoms with Gasteiger partial charge < -0.3 is 9.73 Å². The van der Waals surface area contributed by atoms with E-state index in [9.17, 15) is 4.79 Å². The van der Waals surface area contributed by atoms with Gasteiger partial charge in [0.15, 0.2) is 5.58 Å². The van der Waals surface area contributed by atoms with E-state index in [1.807, 2.05) is 49.4 Å². The van der Waals surface area contributed by atoms with E-state index in [1.54, 1.807) is 24.5 Å². The summed E-state index contributed by atoms with van der Waals surface area (Å²) in [5, 5.41) is 2.88. The minimum atomic E-state index is -0.142. The highest BCUT2D eigenvalue weighted by atomic mass is 16.3. The molecule has 0 saturated carbocycles. The molecule has 5 heteroatoms. The number of rotatable bonds is 4. The van der Waals surface area contributed by atoms with Gasteiger partial charge in [0, 0.05) is 24.5 Å². The first-order valence-corrected chi connectivity index (χ1v) is 8.34. The highest BCUT2D eigenvalue weighted by Gasteiger charge is 2.09. The second kappa shape index (κ2) is 6.80. The van der Waals surface area contributed by atoms with Gasteiger partial charge in [-0.25, -0.2) is 4.98 Å². The van der Waals surface area contributed by atoms with Crippen LogP contribution in [0.2, 0.25) is 0 Å². The first-order valence-electron chi connectivity index (χ1n) is 8.34. The van der Waals surface area contributed by atoms with E-state index in [0.29, 0.717) is 18.0 Å². The van der Waals surface area contributed by atoms with E-state index < -0.39 is 0 Å². The lowest BCUT2D eigenvalue weighted by atomic mass is 10.1. The lowest BCUT2D eigenvalue weighted by molar-refractivity contribution is 0.0950. The molecule has 0 atom stereocenters. The molecule has 0 aliphatic rings. The number of carbonyl (C=O) groups excluding carboxylic acids is 1. The molecule has 0 radical (unpaired) electrons. The number of hydrogen-bond donors (Lipinski definition) is 1. The number of fused-ring (bicyclic) bond motifs is 1. The van der Waals surface area contributed by atoms with Crippen molar-refractivity contribution in [2.45, 2.75) is 13.5 Å². The molecule has 0 aliphatic heterocycles. The lowest BCUT2D eigenvalue weighted by Gasteiger charge is -2.05. The van der Waals surface area contributed by atoms with Gasteiger partial charge in [-0.15, -0.1) is 0 Å². The Labute approximate surface area is 150 Å². The van der Waals surface area contributed by atoms with Crippen LogP contribution in [0, 0.1) is 6.92 Å². The van der Waals surface area contributed by atoms with Crippen molar-refractivity contribution >= 4 is 17.0 Å². The molecule has 4 rings (SSSR count). The fourth-order valence-electron chi connectivity index (χ4n) is 2.71. The Morgan fingerprint density at radius 2 is 1.96 bits per heavy atom.